The van der Waals surface area contributed by atoms with Crippen molar-refractivity contribution in [2.24, 2.45) is 5.92 Å². The molecule has 2 aromatic heterocycles. The average molecular weight is 470 g/mol. The second-order valence-electron chi connectivity index (χ2n) is 8.89. The monoisotopic (exact) mass is 469 g/mol. The molecular formula is C24H28ClN5O3. The fraction of sp³-hybridized carbons (Fsp3) is 0.458. The van der Waals surface area contributed by atoms with E-state index in [1.165, 1.54) is 12.8 Å². The number of carbonyl (C=O) groups is 1. The van der Waals surface area contributed by atoms with Crippen LogP contribution in [0, 0.1) is 5.92 Å². The second-order valence-corrected chi connectivity index (χ2v) is 9.33. The number of nitrogens with zero attached hydrogens (tertiary/aromatic N) is 3. The number of benzene rings is 1. The van der Waals surface area contributed by atoms with E-state index in [1.54, 1.807) is 27.4 Å². The number of rotatable bonds is 6. The molecule has 8 nitrogen and oxygen atoms in total. The first kappa shape index (κ1) is 22.0. The van der Waals surface area contributed by atoms with Gasteiger partial charge in [-0.05, 0) is 43.4 Å². The number of halogens is 1. The molecule has 174 valence electrons. The number of carbonyl (C=O) groups excluding carboxylic acids is 1. The largest absolute Gasteiger partial charge is 0.381 e. The lowest BCUT2D eigenvalue weighted by Gasteiger charge is -2.21. The van der Waals surface area contributed by atoms with Crippen LogP contribution in [0.1, 0.15) is 44.1 Å². The molecule has 0 radical (unpaired) electrons. The maximum atomic E-state index is 13.5. The molecule has 1 aromatic carbocycles. The molecule has 1 aliphatic carbocycles. The Morgan fingerprint density at radius 3 is 2.58 bits per heavy atom. The Balaban J connectivity index is 1.50. The summed E-state index contributed by atoms with van der Waals surface area (Å²) >= 11 is 6.03. The first-order valence-corrected chi connectivity index (χ1v) is 12.0. The lowest BCUT2D eigenvalue weighted by molar-refractivity contribution is -0.122. The molecule has 0 atom stereocenters. The average Bonchev–Trinajstić information content (AvgIpc) is 3.48. The van der Waals surface area contributed by atoms with Crippen molar-refractivity contribution in [1.29, 1.82) is 0 Å². The molecule has 0 spiro atoms. The van der Waals surface area contributed by atoms with Gasteiger partial charge in [-0.2, -0.15) is 0 Å². The lowest BCUT2D eigenvalue weighted by atomic mass is 9.99. The predicted molar refractivity (Wildman–Crippen MR) is 128 cm³/mol. The van der Waals surface area contributed by atoms with Crippen LogP contribution in [0.3, 0.4) is 0 Å². The molecule has 1 amide bonds. The van der Waals surface area contributed by atoms with E-state index in [-0.39, 0.29) is 23.1 Å². The van der Waals surface area contributed by atoms with Crippen molar-refractivity contribution in [3.8, 4) is 0 Å². The number of aromatic nitrogens is 3. The zero-order chi connectivity index (χ0) is 22.8. The molecule has 1 aliphatic heterocycles. The van der Waals surface area contributed by atoms with Crippen molar-refractivity contribution in [2.75, 3.05) is 23.8 Å². The van der Waals surface area contributed by atoms with Crippen LogP contribution in [0.15, 0.2) is 41.3 Å². The summed E-state index contributed by atoms with van der Waals surface area (Å²) in [5.74, 6) is 0.430. The molecule has 2 fully saturated rings. The van der Waals surface area contributed by atoms with Crippen molar-refractivity contribution in [2.45, 2.75) is 51.1 Å². The molecule has 2 N–H and O–H groups in total. The van der Waals surface area contributed by atoms with E-state index in [4.69, 9.17) is 16.3 Å². The van der Waals surface area contributed by atoms with E-state index in [1.807, 2.05) is 18.2 Å². The van der Waals surface area contributed by atoms with E-state index in [0.717, 1.165) is 24.2 Å². The van der Waals surface area contributed by atoms with Crippen molar-refractivity contribution >= 4 is 34.7 Å². The van der Waals surface area contributed by atoms with Gasteiger partial charge in [0.2, 0.25) is 5.91 Å². The molecule has 1 saturated heterocycles. The fourth-order valence-corrected chi connectivity index (χ4v) is 4.79. The van der Waals surface area contributed by atoms with Gasteiger partial charge in [0.15, 0.2) is 5.82 Å². The molecular weight excluding hydrogens is 442 g/mol. The molecule has 3 heterocycles. The molecule has 5 rings (SSSR count). The minimum Gasteiger partial charge on any atom is -0.381 e. The number of amides is 1. The van der Waals surface area contributed by atoms with Gasteiger partial charge in [0.1, 0.15) is 11.3 Å². The van der Waals surface area contributed by atoms with Gasteiger partial charge in [0.05, 0.1) is 12.7 Å². The molecule has 2 aliphatic rings. The summed E-state index contributed by atoms with van der Waals surface area (Å²) in [5.41, 5.74) is 1.57. The first-order valence-electron chi connectivity index (χ1n) is 11.6. The van der Waals surface area contributed by atoms with Gasteiger partial charge in [-0.15, -0.1) is 5.10 Å². The molecule has 9 heteroatoms. The summed E-state index contributed by atoms with van der Waals surface area (Å²) in [6.07, 6.45) is 7.61. The van der Waals surface area contributed by atoms with Crippen LogP contribution in [0.25, 0.3) is 5.65 Å². The van der Waals surface area contributed by atoms with Crippen molar-refractivity contribution in [3.63, 3.8) is 0 Å². The highest BCUT2D eigenvalue weighted by Crippen LogP contribution is 2.23. The first-order chi connectivity index (χ1) is 16.1. The van der Waals surface area contributed by atoms with Gasteiger partial charge in [-0.25, -0.2) is 4.52 Å². The van der Waals surface area contributed by atoms with Crippen molar-refractivity contribution in [3.05, 3.63) is 57.5 Å². The maximum absolute atomic E-state index is 13.5. The number of fused-ring (bicyclic) bond motifs is 1. The summed E-state index contributed by atoms with van der Waals surface area (Å²) in [6, 6.07) is 9.71. The van der Waals surface area contributed by atoms with E-state index < -0.39 is 0 Å². The lowest BCUT2D eigenvalue weighted by Crippen LogP contribution is -2.33. The zero-order valence-corrected chi connectivity index (χ0v) is 19.2. The van der Waals surface area contributed by atoms with Crippen LogP contribution in [-0.2, 0) is 16.1 Å². The van der Waals surface area contributed by atoms with Gasteiger partial charge in [0, 0.05) is 36.3 Å². The Morgan fingerprint density at radius 1 is 1.12 bits per heavy atom. The van der Waals surface area contributed by atoms with Gasteiger partial charge < -0.3 is 15.4 Å². The standard InChI is InChI=1S/C24H28ClN5O3/c25-18-7-5-16(6-8-18)14-29-22-13-21(26-19-3-1-2-4-19)28-30(22)15-20(24(29)32)27-23(31)17-9-11-33-12-10-17/h5-8,13,15,17,19H,1-4,9-12,14H2,(H,26,28)(H,27,31). The predicted octanol–water partition coefficient (Wildman–Crippen LogP) is 3.92. The molecule has 0 bridgehead atoms. The number of nitrogens with one attached hydrogen (secondary N) is 2. The van der Waals surface area contributed by atoms with Crippen LogP contribution in [0.4, 0.5) is 11.5 Å². The number of anilines is 2. The highest BCUT2D eigenvalue weighted by Gasteiger charge is 2.24. The smallest absolute Gasteiger partial charge is 0.277 e. The number of hydrogen-bond donors (Lipinski definition) is 2. The summed E-state index contributed by atoms with van der Waals surface area (Å²) in [6.45, 7) is 1.47. The van der Waals surface area contributed by atoms with E-state index in [9.17, 15) is 9.59 Å². The summed E-state index contributed by atoms with van der Waals surface area (Å²) in [4.78, 5) is 26.3. The Labute approximate surface area is 196 Å². The Hall–Kier alpha value is -2.84. The van der Waals surface area contributed by atoms with Gasteiger partial charge in [0.25, 0.3) is 5.56 Å². The topological polar surface area (TPSA) is 89.7 Å². The third kappa shape index (κ3) is 4.91. The third-order valence-electron chi connectivity index (χ3n) is 6.53. The van der Waals surface area contributed by atoms with E-state index in [2.05, 4.69) is 15.7 Å². The normalized spacial score (nSPS) is 17.5. The third-order valence-corrected chi connectivity index (χ3v) is 6.78. The molecule has 3 aromatic rings. The Kier molecular flexibility index (Phi) is 6.37. The summed E-state index contributed by atoms with van der Waals surface area (Å²) in [5, 5.41) is 11.7. The van der Waals surface area contributed by atoms with E-state index >= 15 is 0 Å². The number of hydrogen-bond acceptors (Lipinski definition) is 5. The Bertz CT molecular complexity index is 1190. The quantitative estimate of drug-likeness (QED) is 0.571. The summed E-state index contributed by atoms with van der Waals surface area (Å²) in [7, 11) is 0. The van der Waals surface area contributed by atoms with Crippen LogP contribution >= 0.6 is 11.6 Å². The van der Waals surface area contributed by atoms with Crippen LogP contribution in [0.5, 0.6) is 0 Å². The van der Waals surface area contributed by atoms with Gasteiger partial charge >= 0.3 is 0 Å². The van der Waals surface area contributed by atoms with Crippen LogP contribution in [0.2, 0.25) is 5.02 Å². The van der Waals surface area contributed by atoms with Gasteiger partial charge in [-0.1, -0.05) is 36.6 Å². The fourth-order valence-electron chi connectivity index (χ4n) is 4.66. The van der Waals surface area contributed by atoms with E-state index in [0.29, 0.717) is 49.3 Å². The molecule has 33 heavy (non-hydrogen) atoms. The zero-order valence-electron chi connectivity index (χ0n) is 18.4. The highest BCUT2D eigenvalue weighted by molar-refractivity contribution is 6.30. The minimum atomic E-state index is -0.259. The van der Waals surface area contributed by atoms with Crippen LogP contribution < -0.4 is 16.2 Å². The summed E-state index contributed by atoms with van der Waals surface area (Å²) < 4.78 is 8.68. The minimum absolute atomic E-state index is 0.149. The number of ether oxygens (including phenoxy) is 1. The molecule has 0 unspecified atom stereocenters. The van der Waals surface area contributed by atoms with Crippen molar-refractivity contribution < 1.29 is 9.53 Å². The van der Waals surface area contributed by atoms with Crippen LogP contribution in [-0.4, -0.2) is 39.3 Å². The Morgan fingerprint density at radius 2 is 1.85 bits per heavy atom. The van der Waals surface area contributed by atoms with Crippen molar-refractivity contribution in [1.82, 2.24) is 14.2 Å². The second kappa shape index (κ2) is 9.57. The highest BCUT2D eigenvalue weighted by atomic mass is 35.5. The SMILES string of the molecule is O=C(Nc1cn2nc(NC3CCCC3)cc2n(Cc2ccc(Cl)cc2)c1=O)C1CCOCC1. The molecule has 1 saturated carbocycles. The van der Waals surface area contributed by atoms with Gasteiger partial charge in [-0.3, -0.25) is 14.2 Å². The maximum Gasteiger partial charge on any atom is 0.277 e.